The number of piperidine rings is 3. The third-order valence-electron chi connectivity index (χ3n) is 20.5. The van der Waals surface area contributed by atoms with Crippen LogP contribution in [0.25, 0.3) is 43.6 Å². The van der Waals surface area contributed by atoms with Gasteiger partial charge in [-0.25, -0.2) is 18.1 Å². The van der Waals surface area contributed by atoms with Gasteiger partial charge in [0.1, 0.15) is 5.54 Å². The van der Waals surface area contributed by atoms with Crippen molar-refractivity contribution in [3.63, 3.8) is 0 Å². The highest BCUT2D eigenvalue weighted by Crippen LogP contribution is 2.40. The first-order valence-corrected chi connectivity index (χ1v) is 36.9. The van der Waals surface area contributed by atoms with E-state index in [0.29, 0.717) is 72.7 Å². The summed E-state index contributed by atoms with van der Waals surface area (Å²) in [5, 5.41) is 16.8. The van der Waals surface area contributed by atoms with Crippen LogP contribution in [-0.4, -0.2) is 198 Å². The van der Waals surface area contributed by atoms with Crippen molar-refractivity contribution in [2.75, 3.05) is 123 Å². The third-order valence-corrected chi connectivity index (χ3v) is 23.0. The van der Waals surface area contributed by atoms with Crippen molar-refractivity contribution >= 4 is 157 Å². The number of nitrogens with one attached hydrogen (secondary N) is 5. The summed E-state index contributed by atoms with van der Waals surface area (Å²) < 4.78 is 26.0. The minimum atomic E-state index is -3.06. The molecule has 0 saturated carbocycles. The fourth-order valence-electron chi connectivity index (χ4n) is 15.3. The molecule has 17 rings (SSSR count). The molecule has 0 radical (unpaired) electrons. The zero-order valence-electron chi connectivity index (χ0n) is 54.3. The number of likely N-dealkylation sites (N-methyl/N-ethyl adjacent to an activating group) is 1. The number of aromatic amines is 4. The number of hydrogen-bond acceptors (Lipinski definition) is 12. The molecule has 514 valence electrons. The number of H-pyrrole nitrogens is 4. The lowest BCUT2D eigenvalue weighted by Crippen LogP contribution is -2.55. The van der Waals surface area contributed by atoms with Crippen LogP contribution in [0.2, 0.25) is 15.1 Å². The van der Waals surface area contributed by atoms with Crippen LogP contribution in [0.5, 0.6) is 0 Å². The Bertz CT molecular complexity index is 4450. The molecule has 97 heavy (non-hydrogen) atoms. The van der Waals surface area contributed by atoms with Gasteiger partial charge in [-0.3, -0.25) is 24.4 Å². The maximum absolute atomic E-state index is 13.2. The monoisotopic (exact) mass is 1460 g/mol. The van der Waals surface area contributed by atoms with Gasteiger partial charge >= 0.3 is 6.03 Å². The van der Waals surface area contributed by atoms with Crippen molar-refractivity contribution in [2.24, 2.45) is 5.92 Å². The molecule has 1 unspecified atom stereocenters. The lowest BCUT2D eigenvalue weighted by molar-refractivity contribution is -0.138. The third kappa shape index (κ3) is 14.5. The Morgan fingerprint density at radius 1 is 0.619 bits per heavy atom. The van der Waals surface area contributed by atoms with Crippen molar-refractivity contribution < 1.29 is 27.6 Å². The molecule has 12 heterocycles. The molecule has 8 aliphatic heterocycles. The Morgan fingerprint density at radius 3 is 1.75 bits per heavy atom. The number of sulfonamides is 1. The van der Waals surface area contributed by atoms with Crippen molar-refractivity contribution in [1.29, 1.82) is 0 Å². The number of anilines is 5. The quantitative estimate of drug-likeness (QED) is 0.0897. The van der Waals surface area contributed by atoms with E-state index in [1.165, 1.54) is 33.3 Å². The van der Waals surface area contributed by atoms with Crippen molar-refractivity contribution in [2.45, 2.75) is 89.9 Å². The number of rotatable bonds is 8. The smallest absolute Gasteiger partial charge is 0.329 e. The molecule has 8 aliphatic rings. The molecule has 5 N–H and O–H groups in total. The molecule has 1 spiro atoms. The number of imide groups is 1. The zero-order valence-corrected chi connectivity index (χ0v) is 59.0. The molecular weight excluding hydrogens is 1380 g/mol. The van der Waals surface area contributed by atoms with E-state index in [1.807, 2.05) is 96.2 Å². The number of piperazine rings is 2. The number of nitrogens with zero attached hydrogens (tertiary/aromatic N) is 10. The van der Waals surface area contributed by atoms with E-state index in [2.05, 4.69) is 108 Å². The summed E-state index contributed by atoms with van der Waals surface area (Å²) in [6.45, 7) is 14.1. The van der Waals surface area contributed by atoms with Crippen LogP contribution in [0, 0.1) is 5.92 Å². The van der Waals surface area contributed by atoms with E-state index in [-0.39, 0.29) is 37.2 Å². The molecule has 8 fully saturated rings. The van der Waals surface area contributed by atoms with E-state index >= 15 is 0 Å². The van der Waals surface area contributed by atoms with Gasteiger partial charge in [0.25, 0.3) is 5.91 Å². The van der Waals surface area contributed by atoms with E-state index in [0.717, 1.165) is 145 Å². The Morgan fingerprint density at radius 2 is 1.18 bits per heavy atom. The van der Waals surface area contributed by atoms with Crippen molar-refractivity contribution in [3.8, 4) is 0 Å². The lowest BCUT2D eigenvalue weighted by Gasteiger charge is -2.42. The number of carbonyl (C=O) groups excluding carboxylic acids is 4. The number of benzene rings is 5. The molecule has 26 heteroatoms. The van der Waals surface area contributed by atoms with Gasteiger partial charge in [-0.05, 0) is 124 Å². The van der Waals surface area contributed by atoms with Crippen LogP contribution in [-0.2, 0) is 24.4 Å². The minimum absolute atomic E-state index is 0. The SMILES string of the molecule is C.CCC1CN(c2cc(Cl)cc3[nH]ncc23)CCN1C(C)=O.CN1C(=O)[C@@H]2CC[C@H]1CN(c1cc(Br)cc3[nH]ccc13)C2.CS(=O)(=O)N1CCN(C2CCN(c3cc(Cl)cc4[nH]ccc34)CC2)CC1.O=C1NC2(CCN(c3cc(Cl)cc4[nH]ccc34)CC2)C(=O)N1c1ccccc1. The molecule has 8 saturated heterocycles. The molecule has 9 aromatic rings. The first-order chi connectivity index (χ1) is 46.2. The summed E-state index contributed by atoms with van der Waals surface area (Å²) in [6.07, 6.45) is 15.4. The first kappa shape index (κ1) is 69.4. The average molecular weight is 1460 g/mol. The Hall–Kier alpha value is -7.51. The summed E-state index contributed by atoms with van der Waals surface area (Å²) in [7, 11) is -1.11. The van der Waals surface area contributed by atoms with Crippen molar-refractivity contribution in [1.82, 2.24) is 49.5 Å². The molecule has 5 amide bonds. The number of urea groups is 1. The lowest BCUT2D eigenvalue weighted by atomic mass is 9.87. The molecule has 5 aromatic carbocycles. The van der Waals surface area contributed by atoms with Gasteiger partial charge in [0.05, 0.1) is 29.6 Å². The fraction of sp³-hybridized carbons (Fsp3) is 0.423. The van der Waals surface area contributed by atoms with Gasteiger partial charge in [0, 0.05) is 216 Å². The molecule has 4 aromatic heterocycles. The van der Waals surface area contributed by atoms with Gasteiger partial charge in [0.15, 0.2) is 0 Å². The highest BCUT2D eigenvalue weighted by atomic mass is 79.9. The van der Waals surface area contributed by atoms with Crippen molar-refractivity contribution in [3.05, 3.63) is 141 Å². The second-order valence-corrected chi connectivity index (χ2v) is 30.4. The summed E-state index contributed by atoms with van der Waals surface area (Å²) >= 11 is 22.4. The van der Waals surface area contributed by atoms with Crippen LogP contribution >= 0.6 is 50.7 Å². The topological polar surface area (TPSA) is 220 Å². The highest BCUT2D eigenvalue weighted by Gasteiger charge is 2.53. The maximum Gasteiger partial charge on any atom is 0.329 e. The molecule has 3 atom stereocenters. The average Bonchev–Trinajstić information content (AvgIpc) is 1.63. The number of fused-ring (bicyclic) bond motifs is 8. The maximum atomic E-state index is 13.2. The number of amides is 5. The normalized spacial score (nSPS) is 21.0. The van der Waals surface area contributed by atoms with Crippen LogP contribution in [0.3, 0.4) is 0 Å². The fourth-order valence-corrected chi connectivity index (χ4v) is 17.3. The van der Waals surface area contributed by atoms with Gasteiger partial charge in [-0.15, -0.1) is 0 Å². The second-order valence-electron chi connectivity index (χ2n) is 26.2. The summed E-state index contributed by atoms with van der Waals surface area (Å²) in [4.78, 5) is 76.5. The Kier molecular flexibility index (Phi) is 20.8. The zero-order chi connectivity index (χ0) is 67.2. The second kappa shape index (κ2) is 29.1. The standard InChI is InChI=1S/C21H19ClN4O2.C18H25ClN4O2S.C16H18BrN3O.C15H19ClN4O.CH4/c22-14-12-17-16(6-9-23-17)18(13-14)25-10-7-21(8-11-25)19(27)26(20(28)24-21)15-4-2-1-3-5-15;1-26(24,25)23-10-8-21(9-11-23)15-3-6-22(7-4-15)18-13-14(19)12-17-16(18)2-5-20-17;1-19-12-3-2-10(16(19)21)8-20(9-12)15-7-11(17)6-14-13(15)4-5-18-14;1-3-12-9-19(4-5-20(12)10(2)21)15-7-11(16)6-14-13(15)8-17-18-14;/h1-6,9,12-13,23H,7-8,10-11H2,(H,24,28);2,5,12-13,15,20H,3-4,6-11H2,1H3;4-7,10,12,18H,2-3,8-9H2,1H3;6-8,12H,3-5,9H2,1-2H3,(H,17,18);1H4/t;;10-,12+;;/m..1../s1. The molecular formula is C71H85BrCl3N15O6S. The van der Waals surface area contributed by atoms with E-state index in [1.54, 1.807) is 23.4 Å². The number of hydrogen-bond donors (Lipinski definition) is 5. The van der Waals surface area contributed by atoms with E-state index in [4.69, 9.17) is 34.8 Å². The van der Waals surface area contributed by atoms with Crippen LogP contribution in [0.1, 0.15) is 66.2 Å². The number of carbonyl (C=O) groups is 4. The van der Waals surface area contributed by atoms with Crippen LogP contribution < -0.4 is 29.8 Å². The molecule has 21 nitrogen and oxygen atoms in total. The largest absolute Gasteiger partial charge is 0.371 e. The van der Waals surface area contributed by atoms with Gasteiger partial charge in [0.2, 0.25) is 21.8 Å². The molecule has 0 aliphatic carbocycles. The Balaban J connectivity index is 0.000000124. The highest BCUT2D eigenvalue weighted by molar-refractivity contribution is 9.10. The van der Waals surface area contributed by atoms with Gasteiger partial charge in [-0.2, -0.15) is 9.40 Å². The molecule has 2 bridgehead atoms. The summed E-state index contributed by atoms with van der Waals surface area (Å²) in [5.41, 5.74) is 8.48. The Labute approximate surface area is 589 Å². The number of para-hydroxylation sites is 1. The van der Waals surface area contributed by atoms with Gasteiger partial charge < -0.3 is 49.7 Å². The predicted molar refractivity (Wildman–Crippen MR) is 395 cm³/mol. The predicted octanol–water partition coefficient (Wildman–Crippen LogP) is 12.6. The minimum Gasteiger partial charge on any atom is -0.371 e. The summed E-state index contributed by atoms with van der Waals surface area (Å²) in [5.74, 6) is 0.443. The van der Waals surface area contributed by atoms with E-state index in [9.17, 15) is 27.6 Å². The van der Waals surface area contributed by atoms with Gasteiger partial charge in [-0.1, -0.05) is 83.3 Å². The summed E-state index contributed by atoms with van der Waals surface area (Å²) in [6, 6.07) is 32.1. The number of aromatic nitrogens is 5. The van der Waals surface area contributed by atoms with Crippen LogP contribution in [0.4, 0.5) is 33.2 Å². The first-order valence-electron chi connectivity index (χ1n) is 33.1. The van der Waals surface area contributed by atoms with E-state index < -0.39 is 15.6 Å². The number of halogens is 4. The van der Waals surface area contributed by atoms with Crippen LogP contribution in [0.15, 0.2) is 126 Å².